The summed E-state index contributed by atoms with van der Waals surface area (Å²) in [5.74, 6) is 1.60. The van der Waals surface area contributed by atoms with Crippen molar-refractivity contribution in [1.82, 2.24) is 19.8 Å². The minimum atomic E-state index is -1.13. The van der Waals surface area contributed by atoms with Crippen molar-refractivity contribution >= 4 is 17.5 Å². The normalized spacial score (nSPS) is 21.6. The number of ether oxygens (including phenoxy) is 3. The number of carbonyl (C=O) groups is 1. The van der Waals surface area contributed by atoms with Crippen molar-refractivity contribution in [3.63, 3.8) is 0 Å². The topological polar surface area (TPSA) is 153 Å². The van der Waals surface area contributed by atoms with Gasteiger partial charge in [0.05, 0.1) is 44.2 Å². The first-order chi connectivity index (χ1) is 22.3. The number of rotatable bonds is 9. The molecule has 0 bridgehead atoms. The minimum Gasteiger partial charge on any atom is -0.496 e. The summed E-state index contributed by atoms with van der Waals surface area (Å²) in [6.45, 7) is 5.62. The summed E-state index contributed by atoms with van der Waals surface area (Å²) >= 11 is 0. The number of nitrogens with zero attached hydrogens (tertiary/aromatic N) is 5. The Kier molecular flexibility index (Phi) is 9.65. The SMILES string of the molecule is COc1cc(Nc2nccc(-c3ccc(O[C@@H]4CCN(C(=O)[C@H](C)O)C[C@@H]4O)c(C#N)c3)n2)ccc1C1CCN(C2COC2)CC1. The van der Waals surface area contributed by atoms with E-state index in [1.807, 2.05) is 18.2 Å². The van der Waals surface area contributed by atoms with Gasteiger partial charge in [-0.05, 0) is 74.7 Å². The predicted molar refractivity (Wildman–Crippen MR) is 170 cm³/mol. The lowest BCUT2D eigenvalue weighted by molar-refractivity contribution is -0.145. The summed E-state index contributed by atoms with van der Waals surface area (Å²) in [6, 6.07) is 15.9. The molecule has 3 saturated heterocycles. The van der Waals surface area contributed by atoms with E-state index >= 15 is 0 Å². The van der Waals surface area contributed by atoms with Gasteiger partial charge in [0.25, 0.3) is 5.91 Å². The summed E-state index contributed by atoms with van der Waals surface area (Å²) in [6.07, 6.45) is 1.53. The van der Waals surface area contributed by atoms with E-state index in [2.05, 4.69) is 32.3 Å². The molecular formula is C34H40N6O6. The second kappa shape index (κ2) is 14.0. The van der Waals surface area contributed by atoms with Crippen molar-refractivity contribution in [3.05, 3.63) is 59.8 Å². The third-order valence-corrected chi connectivity index (χ3v) is 9.11. The van der Waals surface area contributed by atoms with Gasteiger partial charge in [0, 0.05) is 36.5 Å². The van der Waals surface area contributed by atoms with Crippen LogP contribution in [0.1, 0.15) is 43.2 Å². The molecular weight excluding hydrogens is 588 g/mol. The fourth-order valence-electron chi connectivity index (χ4n) is 6.40. The van der Waals surface area contributed by atoms with E-state index < -0.39 is 24.2 Å². The maximum absolute atomic E-state index is 12.1. The number of methoxy groups -OCH3 is 1. The molecule has 0 radical (unpaired) electrons. The summed E-state index contributed by atoms with van der Waals surface area (Å²) in [5.41, 5.74) is 3.65. The zero-order valence-electron chi connectivity index (χ0n) is 26.1. The largest absolute Gasteiger partial charge is 0.496 e. The first-order valence-corrected chi connectivity index (χ1v) is 15.8. The van der Waals surface area contributed by atoms with Crippen molar-refractivity contribution in [2.24, 2.45) is 0 Å². The van der Waals surface area contributed by atoms with Gasteiger partial charge in [0.15, 0.2) is 0 Å². The molecule has 3 aromatic rings. The van der Waals surface area contributed by atoms with E-state index in [-0.39, 0.29) is 6.54 Å². The van der Waals surface area contributed by atoms with Gasteiger partial charge in [-0.2, -0.15) is 5.26 Å². The zero-order valence-corrected chi connectivity index (χ0v) is 26.1. The summed E-state index contributed by atoms with van der Waals surface area (Å²) in [7, 11) is 1.70. The molecule has 6 rings (SSSR count). The van der Waals surface area contributed by atoms with Crippen molar-refractivity contribution in [3.8, 4) is 28.8 Å². The predicted octanol–water partition coefficient (Wildman–Crippen LogP) is 3.07. The number of piperidine rings is 2. The van der Waals surface area contributed by atoms with Crippen LogP contribution in [0.15, 0.2) is 48.7 Å². The first kappa shape index (κ1) is 31.7. The molecule has 4 heterocycles. The molecule has 12 heteroatoms. The third kappa shape index (κ3) is 6.93. The second-order valence-corrected chi connectivity index (χ2v) is 12.1. The van der Waals surface area contributed by atoms with Gasteiger partial charge < -0.3 is 34.6 Å². The summed E-state index contributed by atoms with van der Waals surface area (Å²) < 4.78 is 17.2. The van der Waals surface area contributed by atoms with Crippen LogP contribution in [-0.2, 0) is 9.53 Å². The molecule has 1 amide bonds. The molecule has 46 heavy (non-hydrogen) atoms. The molecule has 242 valence electrons. The van der Waals surface area contributed by atoms with E-state index in [4.69, 9.17) is 14.2 Å². The second-order valence-electron chi connectivity index (χ2n) is 12.1. The van der Waals surface area contributed by atoms with Crippen LogP contribution in [0.5, 0.6) is 11.5 Å². The maximum atomic E-state index is 12.1. The van der Waals surface area contributed by atoms with Crippen LogP contribution in [0.4, 0.5) is 11.6 Å². The molecule has 0 saturated carbocycles. The molecule has 0 unspecified atom stereocenters. The molecule has 2 aromatic carbocycles. The van der Waals surface area contributed by atoms with Crippen molar-refractivity contribution in [1.29, 1.82) is 5.26 Å². The number of benzene rings is 2. The number of aliphatic hydroxyl groups is 2. The molecule has 1 aromatic heterocycles. The van der Waals surface area contributed by atoms with Gasteiger partial charge in [0.1, 0.15) is 35.9 Å². The highest BCUT2D eigenvalue weighted by atomic mass is 16.5. The molecule has 3 fully saturated rings. The average molecular weight is 629 g/mol. The van der Waals surface area contributed by atoms with Crippen LogP contribution in [0.25, 0.3) is 11.3 Å². The summed E-state index contributed by atoms with van der Waals surface area (Å²) in [5, 5.41) is 33.4. The lowest BCUT2D eigenvalue weighted by Crippen LogP contribution is -2.52. The third-order valence-electron chi connectivity index (χ3n) is 9.11. The standard InChI is InChI=1S/C34H40N6O6/c1-21(41)33(43)40-14-10-31(29(42)18-40)46-30-6-3-23(15-24(30)17-35)28-7-11-36-34(38-28)37-25-4-5-27(32(16-25)44-2)22-8-12-39(13-9-22)26-19-45-20-26/h3-7,11,15-16,21-22,26,29,31,41-42H,8-10,12-14,18-20H2,1-2H3,(H,36,37,38)/t21-,29-,31+/m0/s1. The van der Waals surface area contributed by atoms with Gasteiger partial charge in [-0.3, -0.25) is 9.69 Å². The number of aromatic nitrogens is 2. The van der Waals surface area contributed by atoms with Gasteiger partial charge >= 0.3 is 0 Å². The van der Waals surface area contributed by atoms with E-state index in [9.17, 15) is 20.3 Å². The Bertz CT molecular complexity index is 1580. The number of amides is 1. The monoisotopic (exact) mass is 628 g/mol. The molecule has 0 spiro atoms. The first-order valence-electron chi connectivity index (χ1n) is 15.8. The number of nitrogens with one attached hydrogen (secondary N) is 1. The van der Waals surface area contributed by atoms with Crippen molar-refractivity contribution in [2.75, 3.05) is 51.8 Å². The number of hydrogen-bond acceptors (Lipinski definition) is 11. The number of aliphatic hydroxyl groups excluding tert-OH is 2. The molecule has 3 aliphatic rings. The number of anilines is 2. The fourth-order valence-corrected chi connectivity index (χ4v) is 6.40. The van der Waals surface area contributed by atoms with Gasteiger partial charge in [0.2, 0.25) is 5.95 Å². The van der Waals surface area contributed by atoms with E-state index in [0.717, 1.165) is 50.6 Å². The number of β-amino-alcohol motifs (C(OH)–C–C–N with tert-alkyl or cyclic N) is 1. The highest BCUT2D eigenvalue weighted by molar-refractivity contribution is 5.80. The highest BCUT2D eigenvalue weighted by Crippen LogP contribution is 2.37. The van der Waals surface area contributed by atoms with Gasteiger partial charge in [-0.1, -0.05) is 6.07 Å². The number of nitriles is 1. The quantitative estimate of drug-likeness (QED) is 0.320. The fraction of sp³-hybridized carbons (Fsp3) is 0.471. The number of hydrogen-bond donors (Lipinski definition) is 3. The maximum Gasteiger partial charge on any atom is 0.251 e. The number of carbonyl (C=O) groups excluding carboxylic acids is 1. The Morgan fingerprint density at radius 2 is 1.91 bits per heavy atom. The van der Waals surface area contributed by atoms with Crippen LogP contribution in [-0.4, -0.2) is 107 Å². The zero-order chi connectivity index (χ0) is 32.2. The molecule has 12 nitrogen and oxygen atoms in total. The Morgan fingerprint density at radius 3 is 2.59 bits per heavy atom. The highest BCUT2D eigenvalue weighted by Gasteiger charge is 2.34. The lowest BCUT2D eigenvalue weighted by Gasteiger charge is -2.41. The Labute approximate surface area is 268 Å². The van der Waals surface area contributed by atoms with E-state index in [0.29, 0.717) is 53.4 Å². The van der Waals surface area contributed by atoms with E-state index in [1.165, 1.54) is 17.4 Å². The molecule has 3 aliphatic heterocycles. The molecule has 3 atom stereocenters. The van der Waals surface area contributed by atoms with Crippen molar-refractivity contribution < 1.29 is 29.2 Å². The average Bonchev–Trinajstić information content (AvgIpc) is 3.05. The Hall–Kier alpha value is -4.28. The smallest absolute Gasteiger partial charge is 0.251 e. The summed E-state index contributed by atoms with van der Waals surface area (Å²) in [4.78, 5) is 25.1. The van der Waals surface area contributed by atoms with Crippen molar-refractivity contribution in [2.45, 2.75) is 56.5 Å². The number of likely N-dealkylation sites (tertiary alicyclic amines) is 2. The van der Waals surface area contributed by atoms with Crippen LogP contribution in [0.2, 0.25) is 0 Å². The van der Waals surface area contributed by atoms with Crippen LogP contribution < -0.4 is 14.8 Å². The van der Waals surface area contributed by atoms with E-state index in [1.54, 1.807) is 31.5 Å². The van der Waals surface area contributed by atoms with Crippen LogP contribution in [0, 0.1) is 11.3 Å². The Balaban J connectivity index is 1.11. The van der Waals surface area contributed by atoms with Gasteiger partial charge in [-0.15, -0.1) is 0 Å². The Morgan fingerprint density at radius 1 is 1.11 bits per heavy atom. The van der Waals surface area contributed by atoms with Crippen LogP contribution in [0.3, 0.4) is 0 Å². The molecule has 0 aliphatic carbocycles. The van der Waals surface area contributed by atoms with Gasteiger partial charge in [-0.25, -0.2) is 9.97 Å². The van der Waals surface area contributed by atoms with Crippen LogP contribution >= 0.6 is 0 Å². The molecule has 3 N–H and O–H groups in total. The minimum absolute atomic E-state index is 0.0512. The lowest BCUT2D eigenvalue weighted by atomic mass is 9.88.